The molecular weight excluding hydrogens is 280 g/mol. The Bertz CT molecular complexity index is 338. The highest BCUT2D eigenvalue weighted by Gasteiger charge is 2.36. The fraction of sp³-hybridized carbons (Fsp3) is 0.571. The molecule has 1 aromatic carbocycles. The average Bonchev–Trinajstić information content (AvgIpc) is 2.31. The fourth-order valence-corrected chi connectivity index (χ4v) is 2.75. The van der Waals surface area contributed by atoms with Crippen LogP contribution in [0.3, 0.4) is 0 Å². The summed E-state index contributed by atoms with van der Waals surface area (Å²) in [7, 11) is 0. The third kappa shape index (κ3) is 3.15. The van der Waals surface area contributed by atoms with Crippen LogP contribution in [0.15, 0.2) is 24.3 Å². The van der Waals surface area contributed by atoms with E-state index in [9.17, 15) is 0 Å². The van der Waals surface area contributed by atoms with Gasteiger partial charge in [-0.15, -0.1) is 0 Å². The number of benzene rings is 1. The van der Waals surface area contributed by atoms with Gasteiger partial charge in [-0.2, -0.15) is 0 Å². The van der Waals surface area contributed by atoms with Crippen molar-refractivity contribution < 1.29 is 9.47 Å². The van der Waals surface area contributed by atoms with Crippen LogP contribution in [0.4, 0.5) is 0 Å². The van der Waals surface area contributed by atoms with Crippen LogP contribution >= 0.6 is 15.9 Å². The van der Waals surface area contributed by atoms with E-state index in [0.717, 1.165) is 23.4 Å². The highest BCUT2D eigenvalue weighted by atomic mass is 79.9. The predicted molar refractivity (Wildman–Crippen MR) is 73.2 cm³/mol. The minimum absolute atomic E-state index is 0.374. The monoisotopic (exact) mass is 298 g/mol. The second-order valence-electron chi connectivity index (χ2n) is 4.68. The molecule has 0 aliphatic heterocycles. The standard InChI is InChI=1S/C14H19BrO2/c1-2-16-12-4-6-13(7-5-12)17-11-14(10-15)8-3-9-14/h4-7H,2-3,8-11H2,1H3. The summed E-state index contributed by atoms with van der Waals surface area (Å²) < 4.78 is 11.2. The SMILES string of the molecule is CCOc1ccc(OCC2(CBr)CCC2)cc1. The lowest BCUT2D eigenvalue weighted by Gasteiger charge is -2.39. The molecule has 2 rings (SSSR count). The Balaban J connectivity index is 1.86. The van der Waals surface area contributed by atoms with E-state index in [1.165, 1.54) is 19.3 Å². The Labute approximate surface area is 111 Å². The first-order chi connectivity index (χ1) is 8.28. The smallest absolute Gasteiger partial charge is 0.119 e. The minimum atomic E-state index is 0.374. The zero-order chi connectivity index (χ0) is 12.1. The van der Waals surface area contributed by atoms with Crippen LogP contribution in [0, 0.1) is 5.41 Å². The molecule has 94 valence electrons. The van der Waals surface area contributed by atoms with Crippen molar-refractivity contribution in [2.75, 3.05) is 18.5 Å². The van der Waals surface area contributed by atoms with Gasteiger partial charge in [-0.05, 0) is 44.0 Å². The third-order valence-electron chi connectivity index (χ3n) is 3.38. The van der Waals surface area contributed by atoms with Gasteiger partial charge in [0.05, 0.1) is 13.2 Å². The first kappa shape index (κ1) is 12.7. The topological polar surface area (TPSA) is 18.5 Å². The molecule has 0 heterocycles. The van der Waals surface area contributed by atoms with E-state index in [-0.39, 0.29) is 0 Å². The van der Waals surface area contributed by atoms with E-state index in [1.54, 1.807) is 0 Å². The van der Waals surface area contributed by atoms with E-state index < -0.39 is 0 Å². The maximum atomic E-state index is 5.85. The normalized spacial score (nSPS) is 17.3. The van der Waals surface area contributed by atoms with Crippen LogP contribution in [0.25, 0.3) is 0 Å². The zero-order valence-electron chi connectivity index (χ0n) is 10.2. The van der Waals surface area contributed by atoms with Crippen LogP contribution < -0.4 is 9.47 Å². The lowest BCUT2D eigenvalue weighted by Crippen LogP contribution is -2.37. The van der Waals surface area contributed by atoms with Crippen molar-refractivity contribution in [1.29, 1.82) is 0 Å². The highest BCUT2D eigenvalue weighted by molar-refractivity contribution is 9.09. The van der Waals surface area contributed by atoms with E-state index in [1.807, 2.05) is 31.2 Å². The van der Waals surface area contributed by atoms with Gasteiger partial charge >= 0.3 is 0 Å². The van der Waals surface area contributed by atoms with Crippen molar-refractivity contribution in [2.24, 2.45) is 5.41 Å². The average molecular weight is 299 g/mol. The van der Waals surface area contributed by atoms with Gasteiger partial charge in [-0.3, -0.25) is 0 Å². The van der Waals surface area contributed by atoms with Gasteiger partial charge in [0.2, 0.25) is 0 Å². The van der Waals surface area contributed by atoms with Crippen LogP contribution in [0.1, 0.15) is 26.2 Å². The number of alkyl halides is 1. The number of hydrogen-bond acceptors (Lipinski definition) is 2. The summed E-state index contributed by atoms with van der Waals surface area (Å²) in [5.74, 6) is 1.83. The Hall–Kier alpha value is -0.700. The second kappa shape index (κ2) is 5.76. The molecular formula is C14H19BrO2. The molecule has 1 aliphatic carbocycles. The predicted octanol–water partition coefficient (Wildman–Crippen LogP) is 4.03. The number of ether oxygens (including phenoxy) is 2. The molecule has 0 unspecified atom stereocenters. The Morgan fingerprint density at radius 2 is 1.71 bits per heavy atom. The molecule has 1 aliphatic rings. The quantitative estimate of drug-likeness (QED) is 0.738. The molecule has 2 nitrogen and oxygen atoms in total. The van der Waals surface area contributed by atoms with Gasteiger partial charge in [0.25, 0.3) is 0 Å². The van der Waals surface area contributed by atoms with Crippen molar-refractivity contribution in [1.82, 2.24) is 0 Å². The first-order valence-electron chi connectivity index (χ1n) is 6.20. The number of halogens is 1. The summed E-state index contributed by atoms with van der Waals surface area (Å²) in [6.07, 6.45) is 3.88. The third-order valence-corrected chi connectivity index (χ3v) is 4.57. The van der Waals surface area contributed by atoms with Gasteiger partial charge in [0.15, 0.2) is 0 Å². The van der Waals surface area contributed by atoms with E-state index in [0.29, 0.717) is 12.0 Å². The summed E-state index contributed by atoms with van der Waals surface area (Å²) in [6.45, 7) is 3.50. The largest absolute Gasteiger partial charge is 0.494 e. The first-order valence-corrected chi connectivity index (χ1v) is 7.32. The van der Waals surface area contributed by atoms with Crippen LogP contribution in [0.2, 0.25) is 0 Å². The van der Waals surface area contributed by atoms with Gasteiger partial charge in [0, 0.05) is 10.7 Å². The molecule has 1 aromatic rings. The lowest BCUT2D eigenvalue weighted by atomic mass is 9.71. The summed E-state index contributed by atoms with van der Waals surface area (Å²) in [5, 5.41) is 1.04. The van der Waals surface area contributed by atoms with Crippen molar-refractivity contribution >= 4 is 15.9 Å². The van der Waals surface area contributed by atoms with Crippen LogP contribution in [-0.2, 0) is 0 Å². The van der Waals surface area contributed by atoms with Gasteiger partial charge < -0.3 is 9.47 Å². The van der Waals surface area contributed by atoms with Crippen molar-refractivity contribution in [3.63, 3.8) is 0 Å². The Morgan fingerprint density at radius 1 is 1.12 bits per heavy atom. The maximum Gasteiger partial charge on any atom is 0.119 e. The molecule has 0 N–H and O–H groups in total. The molecule has 1 saturated carbocycles. The molecule has 0 radical (unpaired) electrons. The highest BCUT2D eigenvalue weighted by Crippen LogP contribution is 2.42. The van der Waals surface area contributed by atoms with E-state index in [2.05, 4.69) is 15.9 Å². The zero-order valence-corrected chi connectivity index (χ0v) is 11.8. The molecule has 0 aromatic heterocycles. The van der Waals surface area contributed by atoms with Crippen molar-refractivity contribution in [2.45, 2.75) is 26.2 Å². The van der Waals surface area contributed by atoms with E-state index >= 15 is 0 Å². The summed E-state index contributed by atoms with van der Waals surface area (Å²) >= 11 is 3.59. The second-order valence-corrected chi connectivity index (χ2v) is 5.24. The van der Waals surface area contributed by atoms with Crippen LogP contribution in [0.5, 0.6) is 11.5 Å². The molecule has 1 fully saturated rings. The van der Waals surface area contributed by atoms with Crippen molar-refractivity contribution in [3.8, 4) is 11.5 Å². The molecule has 0 bridgehead atoms. The maximum absolute atomic E-state index is 5.85. The summed E-state index contributed by atoms with van der Waals surface area (Å²) in [6, 6.07) is 7.87. The minimum Gasteiger partial charge on any atom is -0.494 e. The Morgan fingerprint density at radius 3 is 2.12 bits per heavy atom. The van der Waals surface area contributed by atoms with Crippen LogP contribution in [-0.4, -0.2) is 18.5 Å². The summed E-state index contributed by atoms with van der Waals surface area (Å²) in [5.41, 5.74) is 0.374. The molecule has 0 saturated heterocycles. The van der Waals surface area contributed by atoms with Gasteiger partial charge in [0.1, 0.15) is 11.5 Å². The molecule has 0 amide bonds. The number of rotatable bonds is 6. The Kier molecular flexibility index (Phi) is 4.32. The van der Waals surface area contributed by atoms with Gasteiger partial charge in [-0.25, -0.2) is 0 Å². The molecule has 0 atom stereocenters. The fourth-order valence-electron chi connectivity index (χ4n) is 2.03. The number of hydrogen-bond donors (Lipinski definition) is 0. The van der Waals surface area contributed by atoms with E-state index in [4.69, 9.17) is 9.47 Å². The lowest BCUT2D eigenvalue weighted by molar-refractivity contribution is 0.0838. The molecule has 0 spiro atoms. The summed E-state index contributed by atoms with van der Waals surface area (Å²) in [4.78, 5) is 0. The molecule has 17 heavy (non-hydrogen) atoms. The van der Waals surface area contributed by atoms with Gasteiger partial charge in [-0.1, -0.05) is 22.4 Å². The van der Waals surface area contributed by atoms with Crippen molar-refractivity contribution in [3.05, 3.63) is 24.3 Å². The molecule has 3 heteroatoms.